The summed E-state index contributed by atoms with van der Waals surface area (Å²) in [5, 5.41) is 0.153. The molecular formula is C15H14ClN. The molecule has 0 amide bonds. The van der Waals surface area contributed by atoms with Crippen LogP contribution in [-0.4, -0.2) is 10.4 Å². The van der Waals surface area contributed by atoms with Gasteiger partial charge in [-0.05, 0) is 29.7 Å². The highest BCUT2D eigenvalue weighted by molar-refractivity contribution is 6.21. The van der Waals surface area contributed by atoms with Gasteiger partial charge < -0.3 is 0 Å². The molecule has 1 nitrogen and oxygen atoms in total. The van der Waals surface area contributed by atoms with E-state index in [9.17, 15) is 0 Å². The zero-order valence-corrected chi connectivity index (χ0v) is 10.3. The second-order valence-corrected chi connectivity index (χ2v) is 5.11. The molecule has 0 N–H and O–H groups in total. The monoisotopic (exact) mass is 243 g/mol. The second-order valence-electron chi connectivity index (χ2n) is 4.55. The minimum Gasteiger partial charge on any atom is -0.261 e. The molecule has 86 valence electrons. The molecule has 17 heavy (non-hydrogen) atoms. The lowest BCUT2D eigenvalue weighted by Crippen LogP contribution is -2.27. The molecule has 0 fully saturated rings. The van der Waals surface area contributed by atoms with Crippen molar-refractivity contribution < 1.29 is 0 Å². The Bertz CT molecular complexity index is 509. The van der Waals surface area contributed by atoms with Gasteiger partial charge in [-0.2, -0.15) is 0 Å². The first-order valence-electron chi connectivity index (χ1n) is 5.96. The van der Waals surface area contributed by atoms with Crippen LogP contribution in [0.2, 0.25) is 0 Å². The molecule has 3 rings (SSSR count). The van der Waals surface area contributed by atoms with Crippen molar-refractivity contribution >= 4 is 11.6 Å². The lowest BCUT2D eigenvalue weighted by Gasteiger charge is -2.33. The van der Waals surface area contributed by atoms with Crippen LogP contribution in [0.1, 0.15) is 22.7 Å². The largest absolute Gasteiger partial charge is 0.261 e. The first-order chi connectivity index (χ1) is 8.34. The van der Waals surface area contributed by atoms with Crippen LogP contribution < -0.4 is 0 Å². The summed E-state index contributed by atoms with van der Waals surface area (Å²) in [6, 6.07) is 14.6. The summed E-state index contributed by atoms with van der Waals surface area (Å²) in [7, 11) is 0. The quantitative estimate of drug-likeness (QED) is 0.751. The summed E-state index contributed by atoms with van der Waals surface area (Å²) in [5.74, 6) is 0.495. The number of hydrogen-bond acceptors (Lipinski definition) is 1. The maximum atomic E-state index is 6.50. The third-order valence-corrected chi connectivity index (χ3v) is 3.92. The number of benzene rings is 1. The van der Waals surface area contributed by atoms with Gasteiger partial charge in [0.2, 0.25) is 0 Å². The Morgan fingerprint density at radius 3 is 2.76 bits per heavy atom. The predicted molar refractivity (Wildman–Crippen MR) is 70.5 cm³/mol. The van der Waals surface area contributed by atoms with E-state index >= 15 is 0 Å². The van der Waals surface area contributed by atoms with E-state index in [0.717, 1.165) is 18.5 Å². The Hall–Kier alpha value is -1.34. The number of rotatable bonds is 3. The van der Waals surface area contributed by atoms with Crippen molar-refractivity contribution in [1.29, 1.82) is 0 Å². The molecule has 1 aliphatic carbocycles. The van der Waals surface area contributed by atoms with Gasteiger partial charge in [0, 0.05) is 29.6 Å². The zero-order chi connectivity index (χ0) is 11.7. The van der Waals surface area contributed by atoms with Gasteiger partial charge in [-0.15, -0.1) is 11.6 Å². The van der Waals surface area contributed by atoms with Gasteiger partial charge in [-0.25, -0.2) is 0 Å². The van der Waals surface area contributed by atoms with Crippen molar-refractivity contribution in [1.82, 2.24) is 4.98 Å². The topological polar surface area (TPSA) is 12.9 Å². The van der Waals surface area contributed by atoms with Crippen LogP contribution >= 0.6 is 11.6 Å². The van der Waals surface area contributed by atoms with Crippen molar-refractivity contribution in [3.8, 4) is 0 Å². The number of aromatic nitrogens is 1. The molecule has 0 radical (unpaired) electrons. The predicted octanol–water partition coefficient (Wildman–Crippen LogP) is 3.57. The van der Waals surface area contributed by atoms with Crippen LogP contribution in [-0.2, 0) is 12.8 Å². The van der Waals surface area contributed by atoms with E-state index in [1.54, 1.807) is 0 Å². The first-order valence-corrected chi connectivity index (χ1v) is 6.40. The molecule has 1 aromatic heterocycles. The molecule has 0 saturated carbocycles. The third-order valence-electron chi connectivity index (χ3n) is 3.46. The number of hydrogen-bond donors (Lipinski definition) is 0. The third kappa shape index (κ3) is 2.07. The highest BCUT2D eigenvalue weighted by Crippen LogP contribution is 2.40. The highest BCUT2D eigenvalue weighted by Gasteiger charge is 2.31. The van der Waals surface area contributed by atoms with E-state index in [0.29, 0.717) is 5.92 Å². The van der Waals surface area contributed by atoms with Crippen LogP contribution in [0, 0.1) is 0 Å². The average molecular weight is 244 g/mol. The summed E-state index contributed by atoms with van der Waals surface area (Å²) in [6.45, 7) is 0. The molecule has 0 spiro atoms. The minimum atomic E-state index is 0.153. The normalized spacial score (nSPS) is 19.2. The zero-order valence-electron chi connectivity index (χ0n) is 9.51. The lowest BCUT2D eigenvalue weighted by atomic mass is 9.75. The Kier molecular flexibility index (Phi) is 2.86. The molecule has 2 atom stereocenters. The molecule has 1 heterocycles. The summed E-state index contributed by atoms with van der Waals surface area (Å²) in [4.78, 5) is 4.33. The van der Waals surface area contributed by atoms with Crippen LogP contribution in [0.25, 0.3) is 0 Å². The summed E-state index contributed by atoms with van der Waals surface area (Å²) < 4.78 is 0. The van der Waals surface area contributed by atoms with E-state index in [1.165, 1.54) is 11.1 Å². The number of nitrogens with zero attached hydrogens (tertiary/aromatic N) is 1. The molecule has 2 aromatic rings. The Morgan fingerprint density at radius 1 is 1.18 bits per heavy atom. The standard InChI is InChI=1S/C15H14ClN/c16-15(10-12-6-3-4-8-17-12)14-9-11-5-1-2-7-13(11)14/h1-8,14-15H,9-10H2. The molecule has 0 bridgehead atoms. The molecular weight excluding hydrogens is 230 g/mol. The molecule has 0 saturated heterocycles. The van der Waals surface area contributed by atoms with E-state index < -0.39 is 0 Å². The Morgan fingerprint density at radius 2 is 2.00 bits per heavy atom. The average Bonchev–Trinajstić information content (AvgIpc) is 2.32. The minimum absolute atomic E-state index is 0.153. The molecule has 1 aliphatic rings. The molecule has 1 aromatic carbocycles. The van der Waals surface area contributed by atoms with Gasteiger partial charge in [0.1, 0.15) is 0 Å². The van der Waals surface area contributed by atoms with E-state index in [-0.39, 0.29) is 5.38 Å². The lowest BCUT2D eigenvalue weighted by molar-refractivity contribution is 0.564. The van der Waals surface area contributed by atoms with Crippen LogP contribution in [0.5, 0.6) is 0 Å². The van der Waals surface area contributed by atoms with Crippen molar-refractivity contribution in [2.24, 2.45) is 0 Å². The Labute approximate surface area is 106 Å². The maximum absolute atomic E-state index is 6.50. The summed E-state index contributed by atoms with van der Waals surface area (Å²) >= 11 is 6.50. The van der Waals surface area contributed by atoms with Crippen molar-refractivity contribution in [2.45, 2.75) is 24.1 Å². The van der Waals surface area contributed by atoms with Gasteiger partial charge >= 0.3 is 0 Å². The van der Waals surface area contributed by atoms with E-state index in [4.69, 9.17) is 11.6 Å². The Balaban J connectivity index is 1.72. The van der Waals surface area contributed by atoms with Crippen LogP contribution in [0.15, 0.2) is 48.7 Å². The fourth-order valence-corrected chi connectivity index (χ4v) is 2.86. The molecule has 2 unspecified atom stereocenters. The fraction of sp³-hybridized carbons (Fsp3) is 0.267. The number of halogens is 1. The number of pyridine rings is 1. The van der Waals surface area contributed by atoms with Crippen molar-refractivity contribution in [3.05, 3.63) is 65.5 Å². The van der Waals surface area contributed by atoms with Gasteiger partial charge in [0.15, 0.2) is 0 Å². The highest BCUT2D eigenvalue weighted by atomic mass is 35.5. The van der Waals surface area contributed by atoms with Crippen molar-refractivity contribution in [2.75, 3.05) is 0 Å². The second kappa shape index (κ2) is 4.50. The maximum Gasteiger partial charge on any atom is 0.0463 e. The van der Waals surface area contributed by atoms with E-state index in [1.807, 2.05) is 24.4 Å². The van der Waals surface area contributed by atoms with Crippen LogP contribution in [0.3, 0.4) is 0 Å². The van der Waals surface area contributed by atoms with E-state index in [2.05, 4.69) is 29.2 Å². The number of fused-ring (bicyclic) bond motifs is 1. The van der Waals surface area contributed by atoms with Gasteiger partial charge in [0.05, 0.1) is 0 Å². The number of alkyl halides is 1. The SMILES string of the molecule is ClC(Cc1ccccn1)C1Cc2ccccc21. The first kappa shape index (κ1) is 10.8. The van der Waals surface area contributed by atoms with Crippen molar-refractivity contribution in [3.63, 3.8) is 0 Å². The molecule has 0 aliphatic heterocycles. The van der Waals surface area contributed by atoms with Gasteiger partial charge in [-0.1, -0.05) is 30.3 Å². The summed E-state index contributed by atoms with van der Waals surface area (Å²) in [6.07, 6.45) is 3.78. The summed E-state index contributed by atoms with van der Waals surface area (Å²) in [5.41, 5.74) is 3.95. The fourth-order valence-electron chi connectivity index (χ4n) is 2.48. The van der Waals surface area contributed by atoms with Gasteiger partial charge in [0.25, 0.3) is 0 Å². The van der Waals surface area contributed by atoms with Crippen LogP contribution in [0.4, 0.5) is 0 Å². The molecule has 2 heteroatoms. The van der Waals surface area contributed by atoms with Gasteiger partial charge in [-0.3, -0.25) is 4.98 Å². The smallest absolute Gasteiger partial charge is 0.0463 e.